The summed E-state index contributed by atoms with van der Waals surface area (Å²) >= 11 is 2.00. The molecule has 1 atom stereocenters. The molecule has 32 heavy (non-hydrogen) atoms. The zero-order valence-corrected chi connectivity index (χ0v) is 19.1. The molecule has 3 rings (SSSR count). The molecule has 0 N–H and O–H groups in total. The van der Waals surface area contributed by atoms with E-state index in [1.54, 1.807) is 19.1 Å². The number of carbonyl (C=O) groups excluding carboxylic acids is 2. The second-order valence-corrected chi connectivity index (χ2v) is 9.46. The van der Waals surface area contributed by atoms with Crippen molar-refractivity contribution in [3.8, 4) is 0 Å². The molecule has 1 heterocycles. The van der Waals surface area contributed by atoms with Gasteiger partial charge in [-0.05, 0) is 30.2 Å². The summed E-state index contributed by atoms with van der Waals surface area (Å²) in [5, 5.41) is 10.7. The van der Waals surface area contributed by atoms with Crippen LogP contribution in [0.5, 0.6) is 0 Å². The van der Waals surface area contributed by atoms with E-state index in [2.05, 4.69) is 0 Å². The molecule has 0 saturated carbocycles. The van der Waals surface area contributed by atoms with Gasteiger partial charge >= 0.3 is 0 Å². The fourth-order valence-corrected chi connectivity index (χ4v) is 5.57. The van der Waals surface area contributed by atoms with Crippen LogP contribution in [0.25, 0.3) is 0 Å². The number of furan rings is 1. The number of hydrogen-bond donors (Lipinski definition) is 0. The topological polar surface area (TPSA) is 90.4 Å². The Morgan fingerprint density at radius 1 is 0.906 bits per heavy atom. The molecular weight excluding hydrogens is 446 g/mol. The molecule has 0 radical (unpaired) electrons. The van der Waals surface area contributed by atoms with E-state index < -0.39 is 33.0 Å². The molecule has 0 fully saturated rings. The summed E-state index contributed by atoms with van der Waals surface area (Å²) in [6, 6.07) is 22.0. The third kappa shape index (κ3) is 6.11. The summed E-state index contributed by atoms with van der Waals surface area (Å²) in [4.78, 5) is 37.8. The van der Waals surface area contributed by atoms with Crippen LogP contribution in [-0.4, -0.2) is 21.7 Å². The Morgan fingerprint density at radius 3 is 1.81 bits per heavy atom. The van der Waals surface area contributed by atoms with E-state index in [-0.39, 0.29) is 5.76 Å². The van der Waals surface area contributed by atoms with Crippen molar-refractivity contribution < 1.29 is 18.9 Å². The van der Waals surface area contributed by atoms with Crippen molar-refractivity contribution in [3.63, 3.8) is 0 Å². The first kappa shape index (κ1) is 23.8. The predicted molar refractivity (Wildman–Crippen MR) is 127 cm³/mol. The first-order valence-electron chi connectivity index (χ1n) is 9.97. The summed E-state index contributed by atoms with van der Waals surface area (Å²) in [7, 11) is 0. The summed E-state index contributed by atoms with van der Waals surface area (Å²) in [6.45, 7) is 0.960. The highest BCUT2D eigenvalue weighted by molar-refractivity contribution is 8.15. The number of benzene rings is 2. The Labute approximate surface area is 194 Å². The van der Waals surface area contributed by atoms with E-state index in [9.17, 15) is 19.7 Å². The lowest BCUT2D eigenvalue weighted by atomic mass is 9.76. The van der Waals surface area contributed by atoms with E-state index >= 15 is 0 Å². The lowest BCUT2D eigenvalue weighted by Gasteiger charge is -2.30. The number of rotatable bonds is 10. The number of nitrogens with zero attached hydrogens (tertiary/aromatic N) is 1. The van der Waals surface area contributed by atoms with Crippen LogP contribution in [0.2, 0.25) is 0 Å². The molecule has 1 aromatic heterocycles. The van der Waals surface area contributed by atoms with Gasteiger partial charge in [0.1, 0.15) is 17.1 Å². The summed E-state index contributed by atoms with van der Waals surface area (Å²) in [6.07, 6.45) is 1.40. The van der Waals surface area contributed by atoms with E-state index in [0.717, 1.165) is 34.7 Å². The van der Waals surface area contributed by atoms with Gasteiger partial charge in [0.15, 0.2) is 0 Å². The molecule has 0 aliphatic heterocycles. The van der Waals surface area contributed by atoms with Gasteiger partial charge in [-0.2, -0.15) is 0 Å². The van der Waals surface area contributed by atoms with Crippen molar-refractivity contribution in [3.05, 3.63) is 106 Å². The Bertz CT molecular complexity index is 985. The Kier molecular flexibility index (Phi) is 8.30. The van der Waals surface area contributed by atoms with Crippen LogP contribution in [-0.2, 0) is 26.5 Å². The molecular formula is C24H23NO5S2. The molecule has 6 nitrogen and oxygen atoms in total. The van der Waals surface area contributed by atoms with Crippen LogP contribution in [0.1, 0.15) is 23.8 Å². The van der Waals surface area contributed by atoms with E-state index in [1.807, 2.05) is 60.7 Å². The zero-order valence-electron chi connectivity index (χ0n) is 17.5. The monoisotopic (exact) mass is 469 g/mol. The van der Waals surface area contributed by atoms with Gasteiger partial charge in [-0.3, -0.25) is 19.7 Å². The fourth-order valence-electron chi connectivity index (χ4n) is 3.42. The highest BCUT2D eigenvalue weighted by atomic mass is 32.2. The summed E-state index contributed by atoms with van der Waals surface area (Å²) in [5.41, 5.74) is 0.458. The molecule has 3 aromatic rings. The van der Waals surface area contributed by atoms with Gasteiger partial charge in [0.25, 0.3) is 0 Å². The standard InChI is InChI=1S/C24H23NO5S2/c1-24(17-25(28)29,20-13-8-14-30-20)21(22(26)31-15-18-9-4-2-5-10-18)23(27)32-16-19-11-6-3-7-12-19/h2-14,21H,15-17H2,1H3/t24-/m0/s1. The Hall–Kier alpha value is -2.84. The molecule has 0 spiro atoms. The van der Waals surface area contributed by atoms with Gasteiger partial charge in [-0.25, -0.2) is 0 Å². The van der Waals surface area contributed by atoms with Crippen LogP contribution in [0, 0.1) is 16.0 Å². The third-order valence-corrected chi connectivity index (χ3v) is 7.09. The van der Waals surface area contributed by atoms with Crippen LogP contribution in [0.15, 0.2) is 83.5 Å². The average Bonchev–Trinajstić information content (AvgIpc) is 3.33. The number of hydrogen-bond acceptors (Lipinski definition) is 7. The Balaban J connectivity index is 1.88. The number of thioether (sulfide) groups is 2. The highest BCUT2D eigenvalue weighted by Gasteiger charge is 2.50. The highest BCUT2D eigenvalue weighted by Crippen LogP contribution is 2.40. The van der Waals surface area contributed by atoms with Crippen LogP contribution in [0.3, 0.4) is 0 Å². The number of carbonyl (C=O) groups is 2. The van der Waals surface area contributed by atoms with Gasteiger partial charge in [-0.15, -0.1) is 0 Å². The molecule has 0 bridgehead atoms. The molecule has 0 aliphatic carbocycles. The van der Waals surface area contributed by atoms with Crippen molar-refractivity contribution in [1.29, 1.82) is 0 Å². The first-order chi connectivity index (χ1) is 15.4. The van der Waals surface area contributed by atoms with E-state index in [4.69, 9.17) is 4.42 Å². The average molecular weight is 470 g/mol. The molecule has 0 unspecified atom stereocenters. The van der Waals surface area contributed by atoms with Gasteiger partial charge < -0.3 is 4.42 Å². The lowest BCUT2D eigenvalue weighted by Crippen LogP contribution is -2.45. The first-order valence-corrected chi connectivity index (χ1v) is 11.9. The minimum atomic E-state index is -1.41. The minimum absolute atomic E-state index is 0.251. The molecule has 0 saturated heterocycles. The zero-order chi connectivity index (χ0) is 23.0. The summed E-state index contributed by atoms with van der Waals surface area (Å²) in [5.74, 6) is -0.234. The van der Waals surface area contributed by atoms with Gasteiger partial charge in [0.2, 0.25) is 16.8 Å². The smallest absolute Gasteiger partial charge is 0.217 e. The largest absolute Gasteiger partial charge is 0.468 e. The second-order valence-electron chi connectivity index (χ2n) is 7.51. The van der Waals surface area contributed by atoms with Crippen molar-refractivity contribution >= 4 is 33.8 Å². The predicted octanol–water partition coefficient (Wildman–Crippen LogP) is 5.35. The molecule has 2 aromatic carbocycles. The summed E-state index contributed by atoms with van der Waals surface area (Å²) < 4.78 is 5.48. The number of nitro groups is 1. The van der Waals surface area contributed by atoms with Crippen molar-refractivity contribution in [2.75, 3.05) is 6.54 Å². The maximum atomic E-state index is 13.4. The third-order valence-electron chi connectivity index (χ3n) is 5.10. The lowest BCUT2D eigenvalue weighted by molar-refractivity contribution is -0.491. The van der Waals surface area contributed by atoms with Crippen LogP contribution in [0.4, 0.5) is 0 Å². The second kappa shape index (κ2) is 11.2. The molecule has 0 aliphatic rings. The van der Waals surface area contributed by atoms with E-state index in [0.29, 0.717) is 11.5 Å². The van der Waals surface area contributed by atoms with Crippen LogP contribution >= 0.6 is 23.5 Å². The minimum Gasteiger partial charge on any atom is -0.468 e. The Morgan fingerprint density at radius 2 is 1.41 bits per heavy atom. The van der Waals surface area contributed by atoms with E-state index in [1.165, 1.54) is 6.26 Å². The van der Waals surface area contributed by atoms with Gasteiger partial charge in [-0.1, -0.05) is 84.2 Å². The van der Waals surface area contributed by atoms with Gasteiger partial charge in [0.05, 0.1) is 6.26 Å². The maximum Gasteiger partial charge on any atom is 0.217 e. The normalized spacial score (nSPS) is 12.9. The van der Waals surface area contributed by atoms with Gasteiger partial charge in [0, 0.05) is 16.4 Å². The van der Waals surface area contributed by atoms with Crippen molar-refractivity contribution in [2.24, 2.45) is 5.92 Å². The fraction of sp³-hybridized carbons (Fsp3) is 0.250. The SMILES string of the molecule is C[C@](C[N+](=O)[O-])(c1ccco1)C(C(=O)SCc1ccccc1)C(=O)SCc1ccccc1. The molecule has 166 valence electrons. The molecule has 0 amide bonds. The quantitative estimate of drug-likeness (QED) is 0.225. The van der Waals surface area contributed by atoms with Crippen molar-refractivity contribution in [2.45, 2.75) is 23.8 Å². The van der Waals surface area contributed by atoms with Crippen molar-refractivity contribution in [1.82, 2.24) is 0 Å². The molecule has 8 heteroatoms. The van der Waals surface area contributed by atoms with Crippen LogP contribution < -0.4 is 0 Å². The maximum absolute atomic E-state index is 13.4.